The molecule has 2 saturated heterocycles. The van der Waals surface area contributed by atoms with E-state index >= 15 is 0 Å². The minimum Gasteiger partial charge on any atom is -0.378 e. The van der Waals surface area contributed by atoms with Gasteiger partial charge in [-0.15, -0.1) is 0 Å². The molecule has 1 aromatic carbocycles. The van der Waals surface area contributed by atoms with Gasteiger partial charge in [-0.2, -0.15) is 9.97 Å². The average Bonchev–Trinajstić information content (AvgIpc) is 3.34. The van der Waals surface area contributed by atoms with E-state index in [1.807, 2.05) is 18.2 Å². The first-order valence-corrected chi connectivity index (χ1v) is 12.0. The number of nitrogens with zero attached hydrogens (tertiary/aromatic N) is 6. The molecule has 4 aromatic rings. The van der Waals surface area contributed by atoms with Crippen molar-refractivity contribution >= 4 is 33.5 Å². The van der Waals surface area contributed by atoms with Crippen LogP contribution in [0.3, 0.4) is 0 Å². The van der Waals surface area contributed by atoms with Gasteiger partial charge in [0.25, 0.3) is 0 Å². The first-order chi connectivity index (χ1) is 16.3. The Morgan fingerprint density at radius 3 is 2.45 bits per heavy atom. The maximum atomic E-state index is 6.07. The Morgan fingerprint density at radius 2 is 1.64 bits per heavy atom. The van der Waals surface area contributed by atoms with Crippen molar-refractivity contribution in [2.75, 3.05) is 55.8 Å². The van der Waals surface area contributed by atoms with Gasteiger partial charge in [-0.1, -0.05) is 41.7 Å². The fraction of sp³-hybridized carbons (Fsp3) is 0.333. The second-order valence-corrected chi connectivity index (χ2v) is 9.05. The van der Waals surface area contributed by atoms with E-state index in [0.717, 1.165) is 52.3 Å². The predicted octanol–water partition coefficient (Wildman–Crippen LogP) is 3.56. The molecule has 1 unspecified atom stereocenters. The lowest BCUT2D eigenvalue weighted by atomic mass is 10.1. The van der Waals surface area contributed by atoms with Crippen molar-refractivity contribution in [1.82, 2.24) is 19.9 Å². The van der Waals surface area contributed by atoms with E-state index in [2.05, 4.69) is 39.0 Å². The number of rotatable bonds is 4. The Kier molecular flexibility index (Phi) is 5.59. The molecule has 0 radical (unpaired) electrons. The molecule has 5 heterocycles. The SMILES string of the molecule is c1ccc(C2CN(c3nc(N4CCOCC4)c4nc(-c5ccncc5)sc4n3)CCO2)cc1. The Morgan fingerprint density at radius 1 is 0.848 bits per heavy atom. The Hall–Kier alpha value is -3.14. The van der Waals surface area contributed by atoms with Crippen LogP contribution in [0.15, 0.2) is 54.9 Å². The summed E-state index contributed by atoms with van der Waals surface area (Å²) in [5, 5.41) is 0.928. The number of thiazole rings is 1. The number of aromatic nitrogens is 4. The van der Waals surface area contributed by atoms with Crippen LogP contribution < -0.4 is 9.80 Å². The molecule has 0 N–H and O–H groups in total. The third kappa shape index (κ3) is 4.15. The van der Waals surface area contributed by atoms with E-state index < -0.39 is 0 Å². The highest BCUT2D eigenvalue weighted by Crippen LogP contribution is 2.35. The van der Waals surface area contributed by atoms with Crippen LogP contribution >= 0.6 is 11.3 Å². The van der Waals surface area contributed by atoms with Gasteiger partial charge in [0, 0.05) is 37.6 Å². The summed E-state index contributed by atoms with van der Waals surface area (Å²) in [5.74, 6) is 1.62. The highest BCUT2D eigenvalue weighted by Gasteiger charge is 2.27. The maximum Gasteiger partial charge on any atom is 0.229 e. The van der Waals surface area contributed by atoms with Gasteiger partial charge in [0.15, 0.2) is 10.6 Å². The quantitative estimate of drug-likeness (QED) is 0.458. The van der Waals surface area contributed by atoms with Crippen LogP contribution in [-0.2, 0) is 9.47 Å². The number of benzene rings is 1. The standard InChI is InChI=1S/C24H24N6O2S/c1-2-4-17(5-3-1)19-16-30(12-15-32-19)24-27-21(29-10-13-31-14-11-29)20-23(28-24)33-22(26-20)18-6-8-25-9-7-18/h1-9,19H,10-16H2. The first-order valence-electron chi connectivity index (χ1n) is 11.2. The molecule has 0 bridgehead atoms. The maximum absolute atomic E-state index is 6.07. The van der Waals surface area contributed by atoms with Crippen LogP contribution in [0, 0.1) is 0 Å². The summed E-state index contributed by atoms with van der Waals surface area (Å²) in [4.78, 5) is 24.5. The number of pyridine rings is 1. The zero-order valence-electron chi connectivity index (χ0n) is 18.1. The highest BCUT2D eigenvalue weighted by atomic mass is 32.1. The summed E-state index contributed by atoms with van der Waals surface area (Å²) in [6.07, 6.45) is 3.58. The molecule has 1 atom stereocenters. The van der Waals surface area contributed by atoms with Gasteiger partial charge >= 0.3 is 0 Å². The number of hydrogen-bond donors (Lipinski definition) is 0. The minimum atomic E-state index is -0.0000703. The number of hydrogen-bond acceptors (Lipinski definition) is 9. The largest absolute Gasteiger partial charge is 0.378 e. The van der Waals surface area contributed by atoms with Gasteiger partial charge in [-0.25, -0.2) is 4.98 Å². The molecule has 9 heteroatoms. The van der Waals surface area contributed by atoms with Crippen molar-refractivity contribution < 1.29 is 9.47 Å². The highest BCUT2D eigenvalue weighted by molar-refractivity contribution is 7.21. The van der Waals surface area contributed by atoms with Crippen LogP contribution in [0.25, 0.3) is 20.9 Å². The molecule has 6 rings (SSSR count). The molecule has 0 aliphatic carbocycles. The molecule has 0 amide bonds. The lowest BCUT2D eigenvalue weighted by molar-refractivity contribution is 0.0392. The van der Waals surface area contributed by atoms with E-state index in [-0.39, 0.29) is 6.10 Å². The van der Waals surface area contributed by atoms with Crippen molar-refractivity contribution in [2.45, 2.75) is 6.10 Å². The van der Waals surface area contributed by atoms with E-state index in [1.165, 1.54) is 5.56 Å². The average molecular weight is 461 g/mol. The van der Waals surface area contributed by atoms with E-state index in [0.29, 0.717) is 26.4 Å². The second-order valence-electron chi connectivity index (χ2n) is 8.07. The Bertz CT molecular complexity index is 1230. The number of morpholine rings is 2. The molecule has 2 aliphatic heterocycles. The molecule has 168 valence electrons. The van der Waals surface area contributed by atoms with Crippen LogP contribution in [0.1, 0.15) is 11.7 Å². The summed E-state index contributed by atoms with van der Waals surface area (Å²) >= 11 is 1.60. The summed E-state index contributed by atoms with van der Waals surface area (Å²) in [6.45, 7) is 5.08. The molecule has 33 heavy (non-hydrogen) atoms. The topological polar surface area (TPSA) is 76.5 Å². The molecule has 2 fully saturated rings. The summed E-state index contributed by atoms with van der Waals surface area (Å²) in [5.41, 5.74) is 3.07. The molecular formula is C24H24N6O2S. The molecule has 0 saturated carbocycles. The van der Waals surface area contributed by atoms with Gasteiger partial charge in [0.1, 0.15) is 16.6 Å². The van der Waals surface area contributed by atoms with Crippen molar-refractivity contribution in [2.24, 2.45) is 0 Å². The van der Waals surface area contributed by atoms with Crippen LogP contribution in [0.5, 0.6) is 0 Å². The van der Waals surface area contributed by atoms with Crippen LogP contribution in [0.4, 0.5) is 11.8 Å². The minimum absolute atomic E-state index is 0.0000703. The zero-order chi connectivity index (χ0) is 22.0. The van der Waals surface area contributed by atoms with Crippen LogP contribution in [-0.4, -0.2) is 65.9 Å². The third-order valence-electron chi connectivity index (χ3n) is 5.99. The fourth-order valence-electron chi connectivity index (χ4n) is 4.25. The van der Waals surface area contributed by atoms with Crippen LogP contribution in [0.2, 0.25) is 0 Å². The number of anilines is 2. The summed E-state index contributed by atoms with van der Waals surface area (Å²) in [7, 11) is 0. The van der Waals surface area contributed by atoms with Crippen molar-refractivity contribution in [3.05, 3.63) is 60.4 Å². The second kappa shape index (κ2) is 9.01. The van der Waals surface area contributed by atoms with Crippen molar-refractivity contribution in [3.8, 4) is 10.6 Å². The Labute approximate surface area is 195 Å². The summed E-state index contributed by atoms with van der Waals surface area (Å²) < 4.78 is 11.7. The molecule has 3 aromatic heterocycles. The number of ether oxygens (including phenoxy) is 2. The van der Waals surface area contributed by atoms with Crippen molar-refractivity contribution in [3.63, 3.8) is 0 Å². The smallest absolute Gasteiger partial charge is 0.229 e. The normalized spacial score (nSPS) is 19.2. The van der Waals surface area contributed by atoms with Gasteiger partial charge in [-0.3, -0.25) is 4.98 Å². The molecular weight excluding hydrogens is 436 g/mol. The van der Waals surface area contributed by atoms with Gasteiger partial charge in [-0.05, 0) is 17.7 Å². The first kappa shape index (κ1) is 20.5. The van der Waals surface area contributed by atoms with Gasteiger partial charge in [0.2, 0.25) is 5.95 Å². The van der Waals surface area contributed by atoms with E-state index in [9.17, 15) is 0 Å². The van der Waals surface area contributed by atoms with Gasteiger partial charge < -0.3 is 19.3 Å². The fourth-order valence-corrected chi connectivity index (χ4v) is 5.19. The van der Waals surface area contributed by atoms with Gasteiger partial charge in [0.05, 0.1) is 26.4 Å². The van der Waals surface area contributed by atoms with Crippen molar-refractivity contribution in [1.29, 1.82) is 0 Å². The van der Waals surface area contributed by atoms with E-state index in [1.54, 1.807) is 23.7 Å². The summed E-state index contributed by atoms with van der Waals surface area (Å²) in [6, 6.07) is 14.3. The van der Waals surface area contributed by atoms with E-state index in [4.69, 9.17) is 24.4 Å². The number of fused-ring (bicyclic) bond motifs is 1. The monoisotopic (exact) mass is 460 g/mol. The lowest BCUT2D eigenvalue weighted by Crippen LogP contribution is -2.40. The zero-order valence-corrected chi connectivity index (χ0v) is 18.9. The lowest BCUT2D eigenvalue weighted by Gasteiger charge is -2.34. The molecule has 8 nitrogen and oxygen atoms in total. The third-order valence-corrected chi connectivity index (χ3v) is 6.99. The molecule has 2 aliphatic rings. The predicted molar refractivity (Wildman–Crippen MR) is 129 cm³/mol. The molecule has 0 spiro atoms. The Balaban J connectivity index is 1.40.